The third-order valence-corrected chi connectivity index (χ3v) is 6.84. The first-order chi connectivity index (χ1) is 15.2. The molecule has 8 nitrogen and oxygen atoms in total. The molecule has 0 bridgehead atoms. The fourth-order valence-electron chi connectivity index (χ4n) is 4.09. The Morgan fingerprint density at radius 3 is 2.87 bits per heavy atom. The second-order valence-electron chi connectivity index (χ2n) is 7.53. The minimum absolute atomic E-state index is 0.164. The first-order valence-electron chi connectivity index (χ1n) is 10.3. The number of ether oxygens (including phenoxy) is 2. The summed E-state index contributed by atoms with van der Waals surface area (Å²) in [4.78, 5) is 24.2. The molecule has 5 rings (SSSR count). The van der Waals surface area contributed by atoms with Gasteiger partial charge in [0.25, 0.3) is 5.91 Å². The molecule has 1 aliphatic carbocycles. The number of hydrogen-bond acceptors (Lipinski definition) is 7. The Morgan fingerprint density at radius 1 is 1.19 bits per heavy atom. The van der Waals surface area contributed by atoms with Crippen molar-refractivity contribution in [1.82, 2.24) is 24.9 Å². The smallest absolute Gasteiger partial charge is 0.291 e. The molecule has 0 saturated carbocycles. The highest BCUT2D eigenvalue weighted by Crippen LogP contribution is 2.36. The van der Waals surface area contributed by atoms with Crippen molar-refractivity contribution >= 4 is 33.1 Å². The number of thiophene rings is 1. The van der Waals surface area contributed by atoms with Crippen molar-refractivity contribution < 1.29 is 14.3 Å². The molecule has 0 spiro atoms. The average molecular weight is 438 g/mol. The minimum atomic E-state index is -0.290. The number of aromatic nitrogens is 4. The maximum Gasteiger partial charge on any atom is 0.291 e. The van der Waals surface area contributed by atoms with E-state index in [9.17, 15) is 4.79 Å². The number of nitrogens with zero attached hydrogens (tertiary/aromatic N) is 4. The molecule has 4 aromatic rings. The summed E-state index contributed by atoms with van der Waals surface area (Å²) in [5, 5.41) is 8.33. The molecule has 9 heteroatoms. The molecule has 1 amide bonds. The normalized spacial score (nSPS) is 13.4. The lowest BCUT2D eigenvalue weighted by Crippen LogP contribution is -2.26. The number of methoxy groups -OCH3 is 2. The summed E-state index contributed by atoms with van der Waals surface area (Å²) in [6.07, 6.45) is 6.83. The highest BCUT2D eigenvalue weighted by molar-refractivity contribution is 7.19. The van der Waals surface area contributed by atoms with Gasteiger partial charge in [0.15, 0.2) is 17.1 Å². The van der Waals surface area contributed by atoms with Gasteiger partial charge in [0.1, 0.15) is 11.2 Å². The van der Waals surface area contributed by atoms with Crippen molar-refractivity contribution in [2.75, 3.05) is 20.8 Å². The van der Waals surface area contributed by atoms with Gasteiger partial charge in [-0.1, -0.05) is 6.07 Å². The number of fused-ring (bicyclic) bond motifs is 5. The van der Waals surface area contributed by atoms with Crippen LogP contribution in [-0.2, 0) is 19.3 Å². The highest BCUT2D eigenvalue weighted by atomic mass is 32.1. The summed E-state index contributed by atoms with van der Waals surface area (Å²) in [5.41, 5.74) is 3.09. The van der Waals surface area contributed by atoms with Crippen LogP contribution in [0.1, 0.15) is 39.5 Å². The second-order valence-corrected chi connectivity index (χ2v) is 8.62. The van der Waals surface area contributed by atoms with Gasteiger partial charge in [0.2, 0.25) is 5.82 Å². The van der Waals surface area contributed by atoms with E-state index in [1.165, 1.54) is 23.3 Å². The van der Waals surface area contributed by atoms with Gasteiger partial charge in [-0.3, -0.25) is 4.79 Å². The van der Waals surface area contributed by atoms with Gasteiger partial charge in [-0.15, -0.1) is 16.4 Å². The van der Waals surface area contributed by atoms with Crippen LogP contribution in [0.25, 0.3) is 15.9 Å². The molecule has 0 fully saturated rings. The lowest BCUT2D eigenvalue weighted by Gasteiger charge is -2.10. The lowest BCUT2D eigenvalue weighted by atomic mass is 9.97. The van der Waals surface area contributed by atoms with Crippen molar-refractivity contribution in [3.63, 3.8) is 0 Å². The first-order valence-corrected chi connectivity index (χ1v) is 11.1. The molecule has 160 valence electrons. The summed E-state index contributed by atoms with van der Waals surface area (Å²) < 4.78 is 12.2. The van der Waals surface area contributed by atoms with Gasteiger partial charge < -0.3 is 14.8 Å². The Balaban J connectivity index is 1.33. The maximum atomic E-state index is 12.7. The number of aryl methyl sites for hydroxylation is 2. The lowest BCUT2D eigenvalue weighted by molar-refractivity contribution is 0.0944. The molecule has 0 unspecified atom stereocenters. The maximum absolute atomic E-state index is 12.7. The Kier molecular flexibility index (Phi) is 5.19. The van der Waals surface area contributed by atoms with Crippen LogP contribution in [0.15, 0.2) is 24.5 Å². The van der Waals surface area contributed by atoms with E-state index in [-0.39, 0.29) is 11.7 Å². The summed E-state index contributed by atoms with van der Waals surface area (Å²) in [7, 11) is 3.21. The first kappa shape index (κ1) is 19.7. The van der Waals surface area contributed by atoms with Crippen LogP contribution in [-0.4, -0.2) is 46.3 Å². The largest absolute Gasteiger partial charge is 0.493 e. The number of nitrogens with one attached hydrogen (secondary N) is 1. The zero-order valence-corrected chi connectivity index (χ0v) is 18.3. The zero-order valence-electron chi connectivity index (χ0n) is 17.5. The van der Waals surface area contributed by atoms with E-state index in [1.54, 1.807) is 36.4 Å². The van der Waals surface area contributed by atoms with Gasteiger partial charge >= 0.3 is 0 Å². The van der Waals surface area contributed by atoms with Crippen molar-refractivity contribution in [1.29, 1.82) is 0 Å². The molecule has 3 aromatic heterocycles. The van der Waals surface area contributed by atoms with Crippen LogP contribution in [0.5, 0.6) is 11.5 Å². The van der Waals surface area contributed by atoms with Crippen LogP contribution in [0.3, 0.4) is 0 Å². The second kappa shape index (κ2) is 8.14. The third-order valence-electron chi connectivity index (χ3n) is 5.64. The molecule has 0 saturated heterocycles. The third kappa shape index (κ3) is 3.59. The number of benzene rings is 1. The summed E-state index contributed by atoms with van der Waals surface area (Å²) in [6, 6.07) is 5.73. The number of carbonyl (C=O) groups excluding carboxylic acids is 1. The van der Waals surface area contributed by atoms with Crippen molar-refractivity contribution in [2.45, 2.75) is 32.1 Å². The van der Waals surface area contributed by atoms with Gasteiger partial charge in [-0.25, -0.2) is 14.5 Å². The van der Waals surface area contributed by atoms with Crippen molar-refractivity contribution in [2.24, 2.45) is 0 Å². The van der Waals surface area contributed by atoms with Crippen molar-refractivity contribution in [3.8, 4) is 11.5 Å². The van der Waals surface area contributed by atoms with Crippen LogP contribution in [0, 0.1) is 0 Å². The topological polar surface area (TPSA) is 90.6 Å². The molecule has 1 aliphatic rings. The van der Waals surface area contributed by atoms with Crippen LogP contribution in [0.2, 0.25) is 0 Å². The van der Waals surface area contributed by atoms with E-state index in [0.717, 1.165) is 34.3 Å². The predicted octanol–water partition coefficient (Wildman–Crippen LogP) is 3.21. The molecule has 0 atom stereocenters. The summed E-state index contributed by atoms with van der Waals surface area (Å²) in [5.74, 6) is 1.22. The SMILES string of the molecule is COc1ccc(CCNC(=O)c2nc3c4c5c(sc4ncn3n2)CCCC5)cc1OC. The van der Waals surface area contributed by atoms with Gasteiger partial charge in [0.05, 0.1) is 19.6 Å². The van der Waals surface area contributed by atoms with Gasteiger partial charge in [0, 0.05) is 11.4 Å². The van der Waals surface area contributed by atoms with Crippen LogP contribution in [0.4, 0.5) is 0 Å². The monoisotopic (exact) mass is 437 g/mol. The fourth-order valence-corrected chi connectivity index (χ4v) is 5.31. The molecule has 0 radical (unpaired) electrons. The number of carbonyl (C=O) groups is 1. The molecule has 3 heterocycles. The Hall–Kier alpha value is -3.20. The zero-order chi connectivity index (χ0) is 21.4. The quantitative estimate of drug-likeness (QED) is 0.498. The number of hydrogen-bond donors (Lipinski definition) is 1. The van der Waals surface area contributed by atoms with Crippen molar-refractivity contribution in [3.05, 3.63) is 46.4 Å². The van der Waals surface area contributed by atoms with E-state index in [1.807, 2.05) is 18.2 Å². The number of amides is 1. The van der Waals surface area contributed by atoms with Crippen LogP contribution < -0.4 is 14.8 Å². The molecule has 1 aromatic carbocycles. The summed E-state index contributed by atoms with van der Waals surface area (Å²) in [6.45, 7) is 0.464. The Labute approximate surface area is 183 Å². The molecular formula is C22H23N5O3S. The number of rotatable bonds is 6. The standard InChI is InChI=1S/C22H23N5O3S/c1-29-15-8-7-13(11-16(15)30-2)9-10-23-21(28)19-25-20-18-14-5-3-4-6-17(14)31-22(18)24-12-27(20)26-19/h7-8,11-12H,3-6,9-10H2,1-2H3,(H,23,28). The highest BCUT2D eigenvalue weighted by Gasteiger charge is 2.22. The average Bonchev–Trinajstić information content (AvgIpc) is 3.40. The van der Waals surface area contributed by atoms with E-state index < -0.39 is 0 Å². The van der Waals surface area contributed by atoms with Gasteiger partial charge in [-0.05, 0) is 55.4 Å². The molecule has 1 N–H and O–H groups in total. The van der Waals surface area contributed by atoms with Crippen LogP contribution >= 0.6 is 11.3 Å². The van der Waals surface area contributed by atoms with E-state index in [2.05, 4.69) is 20.4 Å². The Morgan fingerprint density at radius 2 is 2.03 bits per heavy atom. The van der Waals surface area contributed by atoms with E-state index in [0.29, 0.717) is 24.5 Å². The molecular weight excluding hydrogens is 414 g/mol. The molecule has 31 heavy (non-hydrogen) atoms. The van der Waals surface area contributed by atoms with Gasteiger partial charge in [-0.2, -0.15) is 0 Å². The minimum Gasteiger partial charge on any atom is -0.493 e. The molecule has 0 aliphatic heterocycles. The van der Waals surface area contributed by atoms with E-state index in [4.69, 9.17) is 9.47 Å². The fraction of sp³-hybridized carbons (Fsp3) is 0.364. The summed E-state index contributed by atoms with van der Waals surface area (Å²) >= 11 is 1.74. The van der Waals surface area contributed by atoms with E-state index >= 15 is 0 Å². The predicted molar refractivity (Wildman–Crippen MR) is 118 cm³/mol. The Bertz CT molecular complexity index is 1280.